The molecule has 1 heterocycles. The number of rotatable bonds is 4. The molecule has 1 saturated heterocycles. The molecule has 1 aliphatic rings. The standard InChI is InChI=1S/C16H26N2S/c1-16(2)8-10-18(11-12-19-16)9-7-14-5-3-4-6-15(14)13-17/h3-6H,7-13,17H2,1-2H3. The number of benzene rings is 1. The van der Waals surface area contributed by atoms with Crippen LogP contribution in [-0.2, 0) is 13.0 Å². The van der Waals surface area contributed by atoms with Gasteiger partial charge in [0, 0.05) is 30.1 Å². The van der Waals surface area contributed by atoms with Crippen molar-refractivity contribution in [1.82, 2.24) is 4.90 Å². The van der Waals surface area contributed by atoms with E-state index in [1.54, 1.807) is 0 Å². The third-order valence-corrected chi connectivity index (χ3v) is 5.34. The highest BCUT2D eigenvalue weighted by atomic mass is 32.2. The Kier molecular flexibility index (Phi) is 5.31. The highest BCUT2D eigenvalue weighted by Gasteiger charge is 2.23. The first-order valence-corrected chi connectivity index (χ1v) is 8.22. The van der Waals surface area contributed by atoms with E-state index < -0.39 is 0 Å². The zero-order chi connectivity index (χ0) is 13.7. The van der Waals surface area contributed by atoms with E-state index in [-0.39, 0.29) is 0 Å². The predicted molar refractivity (Wildman–Crippen MR) is 85.6 cm³/mol. The molecule has 1 aromatic carbocycles. The van der Waals surface area contributed by atoms with E-state index in [1.165, 1.54) is 36.4 Å². The molecular formula is C16H26N2S. The SMILES string of the molecule is CC1(C)CCN(CCc2ccccc2CN)CCS1. The van der Waals surface area contributed by atoms with Crippen molar-refractivity contribution in [3.8, 4) is 0 Å². The van der Waals surface area contributed by atoms with Gasteiger partial charge in [0.1, 0.15) is 0 Å². The second-order valence-corrected chi connectivity index (χ2v) is 7.72. The first-order chi connectivity index (χ1) is 9.11. The van der Waals surface area contributed by atoms with Crippen LogP contribution in [-0.4, -0.2) is 35.0 Å². The van der Waals surface area contributed by atoms with Crippen molar-refractivity contribution >= 4 is 11.8 Å². The molecule has 0 radical (unpaired) electrons. The zero-order valence-electron chi connectivity index (χ0n) is 12.2. The first-order valence-electron chi connectivity index (χ1n) is 7.24. The minimum atomic E-state index is 0.448. The number of thioether (sulfide) groups is 1. The van der Waals surface area contributed by atoms with Gasteiger partial charge < -0.3 is 10.6 Å². The van der Waals surface area contributed by atoms with Gasteiger partial charge in [-0.25, -0.2) is 0 Å². The van der Waals surface area contributed by atoms with E-state index in [1.807, 2.05) is 0 Å². The summed E-state index contributed by atoms with van der Waals surface area (Å²) in [4.78, 5) is 2.61. The van der Waals surface area contributed by atoms with E-state index in [0.29, 0.717) is 11.3 Å². The van der Waals surface area contributed by atoms with Crippen LogP contribution in [0.15, 0.2) is 24.3 Å². The Labute approximate surface area is 121 Å². The number of hydrogen-bond acceptors (Lipinski definition) is 3. The number of nitrogens with zero attached hydrogens (tertiary/aromatic N) is 1. The van der Waals surface area contributed by atoms with Gasteiger partial charge in [-0.15, -0.1) is 0 Å². The van der Waals surface area contributed by atoms with Crippen molar-refractivity contribution < 1.29 is 0 Å². The third-order valence-electron chi connectivity index (χ3n) is 3.97. The highest BCUT2D eigenvalue weighted by molar-refractivity contribution is 8.00. The van der Waals surface area contributed by atoms with Crippen molar-refractivity contribution in [2.45, 2.75) is 38.0 Å². The smallest absolute Gasteiger partial charge is 0.0180 e. The van der Waals surface area contributed by atoms with Crippen molar-refractivity contribution in [3.05, 3.63) is 35.4 Å². The van der Waals surface area contributed by atoms with E-state index in [4.69, 9.17) is 5.73 Å². The topological polar surface area (TPSA) is 29.3 Å². The van der Waals surface area contributed by atoms with Gasteiger partial charge in [0.05, 0.1) is 0 Å². The van der Waals surface area contributed by atoms with Crippen molar-refractivity contribution in [3.63, 3.8) is 0 Å². The van der Waals surface area contributed by atoms with Crippen molar-refractivity contribution in [1.29, 1.82) is 0 Å². The molecule has 1 fully saturated rings. The van der Waals surface area contributed by atoms with E-state index in [9.17, 15) is 0 Å². The second-order valence-electron chi connectivity index (χ2n) is 5.92. The summed E-state index contributed by atoms with van der Waals surface area (Å²) in [6, 6.07) is 8.57. The van der Waals surface area contributed by atoms with Crippen LogP contribution in [0, 0.1) is 0 Å². The fourth-order valence-electron chi connectivity index (χ4n) is 2.57. The van der Waals surface area contributed by atoms with E-state index in [0.717, 1.165) is 13.0 Å². The highest BCUT2D eigenvalue weighted by Crippen LogP contribution is 2.30. The van der Waals surface area contributed by atoms with E-state index >= 15 is 0 Å². The summed E-state index contributed by atoms with van der Waals surface area (Å²) in [5, 5.41) is 0. The van der Waals surface area contributed by atoms with Crippen LogP contribution in [0.1, 0.15) is 31.4 Å². The Morgan fingerprint density at radius 2 is 1.95 bits per heavy atom. The maximum Gasteiger partial charge on any atom is 0.0180 e. The largest absolute Gasteiger partial charge is 0.326 e. The average Bonchev–Trinajstić information content (AvgIpc) is 2.58. The monoisotopic (exact) mass is 278 g/mol. The molecule has 0 unspecified atom stereocenters. The lowest BCUT2D eigenvalue weighted by molar-refractivity contribution is 0.287. The lowest BCUT2D eigenvalue weighted by Crippen LogP contribution is -2.29. The van der Waals surface area contributed by atoms with Crippen LogP contribution in [0.3, 0.4) is 0 Å². The first kappa shape index (κ1) is 14.9. The molecule has 2 rings (SSSR count). The Balaban J connectivity index is 1.88. The lowest BCUT2D eigenvalue weighted by atomic mass is 10.0. The van der Waals surface area contributed by atoms with Gasteiger partial charge >= 0.3 is 0 Å². The zero-order valence-corrected chi connectivity index (χ0v) is 13.0. The summed E-state index contributed by atoms with van der Waals surface area (Å²) >= 11 is 2.11. The minimum Gasteiger partial charge on any atom is -0.326 e. The average molecular weight is 278 g/mol. The normalized spacial score (nSPS) is 20.2. The molecule has 19 heavy (non-hydrogen) atoms. The molecule has 0 spiro atoms. The van der Waals surface area contributed by atoms with Gasteiger partial charge in [-0.1, -0.05) is 38.1 Å². The maximum absolute atomic E-state index is 5.80. The van der Waals surface area contributed by atoms with Gasteiger partial charge in [-0.2, -0.15) is 11.8 Å². The van der Waals surface area contributed by atoms with Crippen LogP contribution < -0.4 is 5.73 Å². The third kappa shape index (κ3) is 4.51. The molecule has 106 valence electrons. The Morgan fingerprint density at radius 3 is 2.68 bits per heavy atom. The number of hydrogen-bond donors (Lipinski definition) is 1. The van der Waals surface area contributed by atoms with Crippen LogP contribution in [0.5, 0.6) is 0 Å². The Morgan fingerprint density at radius 1 is 1.21 bits per heavy atom. The quantitative estimate of drug-likeness (QED) is 0.918. The Hall–Kier alpha value is -0.510. The molecule has 1 aromatic rings. The molecule has 0 atom stereocenters. The predicted octanol–water partition coefficient (Wildman–Crippen LogP) is 2.91. The lowest BCUT2D eigenvalue weighted by Gasteiger charge is -2.22. The summed E-state index contributed by atoms with van der Waals surface area (Å²) in [6.45, 7) is 8.99. The fraction of sp³-hybridized carbons (Fsp3) is 0.625. The minimum absolute atomic E-state index is 0.448. The summed E-state index contributed by atoms with van der Waals surface area (Å²) < 4.78 is 0.448. The fourth-order valence-corrected chi connectivity index (χ4v) is 3.70. The molecule has 0 saturated carbocycles. The van der Waals surface area contributed by atoms with Crippen LogP contribution in [0.4, 0.5) is 0 Å². The molecule has 2 nitrogen and oxygen atoms in total. The maximum atomic E-state index is 5.80. The second kappa shape index (κ2) is 6.78. The molecule has 0 bridgehead atoms. The molecule has 3 heteroatoms. The van der Waals surface area contributed by atoms with Gasteiger partial charge in [0.15, 0.2) is 0 Å². The molecule has 0 aliphatic carbocycles. The van der Waals surface area contributed by atoms with Crippen molar-refractivity contribution in [2.24, 2.45) is 5.73 Å². The molecular weight excluding hydrogens is 252 g/mol. The van der Waals surface area contributed by atoms with Gasteiger partial charge in [0.2, 0.25) is 0 Å². The summed E-state index contributed by atoms with van der Waals surface area (Å²) in [7, 11) is 0. The molecule has 0 amide bonds. The number of nitrogens with two attached hydrogens (primary N) is 1. The Bertz CT molecular complexity index is 403. The molecule has 1 aliphatic heterocycles. The van der Waals surface area contributed by atoms with Crippen molar-refractivity contribution in [2.75, 3.05) is 25.4 Å². The van der Waals surface area contributed by atoms with Gasteiger partial charge in [0.25, 0.3) is 0 Å². The summed E-state index contributed by atoms with van der Waals surface area (Å²) in [5.41, 5.74) is 8.52. The van der Waals surface area contributed by atoms with E-state index in [2.05, 4.69) is 54.8 Å². The van der Waals surface area contributed by atoms with Crippen LogP contribution in [0.25, 0.3) is 0 Å². The van der Waals surface area contributed by atoms with Gasteiger partial charge in [-0.05, 0) is 30.5 Å². The van der Waals surface area contributed by atoms with Crippen LogP contribution in [0.2, 0.25) is 0 Å². The summed E-state index contributed by atoms with van der Waals surface area (Å²) in [6.07, 6.45) is 2.41. The van der Waals surface area contributed by atoms with Gasteiger partial charge in [-0.3, -0.25) is 0 Å². The van der Waals surface area contributed by atoms with Crippen LogP contribution >= 0.6 is 11.8 Å². The molecule has 2 N–H and O–H groups in total. The molecule has 0 aromatic heterocycles. The summed E-state index contributed by atoms with van der Waals surface area (Å²) in [5.74, 6) is 1.26.